The fraction of sp³-hybridized carbons (Fsp3) is 0.125. The fourth-order valence-electron chi connectivity index (χ4n) is 2.28. The average molecular weight is 268 g/mol. The highest BCUT2D eigenvalue weighted by molar-refractivity contribution is 5.83. The van der Waals surface area contributed by atoms with Gasteiger partial charge in [0, 0.05) is 35.4 Å². The summed E-state index contributed by atoms with van der Waals surface area (Å²) in [4.78, 5) is 3.24. The molecule has 0 aliphatic heterocycles. The lowest BCUT2D eigenvalue weighted by Crippen LogP contribution is -1.98. The number of phenolic OH excluding ortho intramolecular Hbond substituents is 1. The Hall–Kier alpha value is -2.62. The molecule has 3 aromatic rings. The van der Waals surface area contributed by atoms with E-state index in [0.717, 1.165) is 11.2 Å². The van der Waals surface area contributed by atoms with E-state index in [-0.39, 0.29) is 5.75 Å². The van der Waals surface area contributed by atoms with Crippen LogP contribution in [-0.4, -0.2) is 17.2 Å². The Labute approximate surface area is 117 Å². The molecule has 0 saturated heterocycles. The number of methoxy groups -OCH3 is 1. The molecule has 3 rings (SSSR count). The SMILES string of the molecule is COc1ccc(NCc2c[nH]c3ccccc23)cc1O. The van der Waals surface area contributed by atoms with Crippen molar-refractivity contribution in [3.05, 3.63) is 54.2 Å². The molecule has 1 heterocycles. The minimum Gasteiger partial charge on any atom is -0.504 e. The molecule has 0 spiro atoms. The number of benzene rings is 2. The second-order valence-electron chi connectivity index (χ2n) is 4.60. The monoisotopic (exact) mass is 268 g/mol. The van der Waals surface area contributed by atoms with Gasteiger partial charge in [0.25, 0.3) is 0 Å². The summed E-state index contributed by atoms with van der Waals surface area (Å²) in [5.41, 5.74) is 3.17. The molecule has 102 valence electrons. The van der Waals surface area contributed by atoms with E-state index in [9.17, 15) is 5.11 Å². The first-order valence-electron chi connectivity index (χ1n) is 6.44. The van der Waals surface area contributed by atoms with E-state index in [1.807, 2.05) is 24.4 Å². The third-order valence-electron chi connectivity index (χ3n) is 3.34. The Morgan fingerprint density at radius 3 is 2.85 bits per heavy atom. The number of H-pyrrole nitrogens is 1. The molecule has 0 radical (unpaired) electrons. The summed E-state index contributed by atoms with van der Waals surface area (Å²) in [6.45, 7) is 0.690. The van der Waals surface area contributed by atoms with E-state index < -0.39 is 0 Å². The third-order valence-corrected chi connectivity index (χ3v) is 3.34. The number of hydrogen-bond acceptors (Lipinski definition) is 3. The van der Waals surface area contributed by atoms with Crippen LogP contribution >= 0.6 is 0 Å². The van der Waals surface area contributed by atoms with Crippen molar-refractivity contribution in [3.63, 3.8) is 0 Å². The highest BCUT2D eigenvalue weighted by Gasteiger charge is 2.05. The molecule has 4 nitrogen and oxygen atoms in total. The predicted octanol–water partition coefficient (Wildman–Crippen LogP) is 3.49. The molecule has 0 aliphatic carbocycles. The number of fused-ring (bicyclic) bond motifs is 1. The molecule has 3 N–H and O–H groups in total. The second-order valence-corrected chi connectivity index (χ2v) is 4.60. The molecule has 0 fully saturated rings. The zero-order valence-electron chi connectivity index (χ0n) is 11.2. The number of hydrogen-bond donors (Lipinski definition) is 3. The van der Waals surface area contributed by atoms with Crippen LogP contribution in [0.25, 0.3) is 10.9 Å². The third kappa shape index (κ3) is 2.28. The van der Waals surface area contributed by atoms with Gasteiger partial charge in [-0.25, -0.2) is 0 Å². The number of aromatic amines is 1. The lowest BCUT2D eigenvalue weighted by molar-refractivity contribution is 0.373. The van der Waals surface area contributed by atoms with Crippen molar-refractivity contribution in [2.45, 2.75) is 6.54 Å². The van der Waals surface area contributed by atoms with E-state index in [2.05, 4.69) is 22.4 Å². The predicted molar refractivity (Wildman–Crippen MR) is 80.3 cm³/mol. The van der Waals surface area contributed by atoms with Crippen molar-refractivity contribution in [2.75, 3.05) is 12.4 Å². The van der Waals surface area contributed by atoms with Gasteiger partial charge < -0.3 is 20.1 Å². The van der Waals surface area contributed by atoms with Crippen molar-refractivity contribution in [2.24, 2.45) is 0 Å². The second kappa shape index (κ2) is 5.17. The Morgan fingerprint density at radius 2 is 2.05 bits per heavy atom. The van der Waals surface area contributed by atoms with Crippen LogP contribution in [-0.2, 0) is 6.54 Å². The summed E-state index contributed by atoms with van der Waals surface area (Å²) in [5, 5.41) is 14.3. The van der Waals surface area contributed by atoms with Crippen LogP contribution in [0.1, 0.15) is 5.56 Å². The number of aromatic nitrogens is 1. The van der Waals surface area contributed by atoms with Gasteiger partial charge >= 0.3 is 0 Å². The normalized spacial score (nSPS) is 10.7. The smallest absolute Gasteiger partial charge is 0.160 e. The number of aromatic hydroxyl groups is 1. The zero-order chi connectivity index (χ0) is 13.9. The van der Waals surface area contributed by atoms with Gasteiger partial charge in [0.2, 0.25) is 0 Å². The van der Waals surface area contributed by atoms with E-state index >= 15 is 0 Å². The molecular formula is C16H16N2O2. The molecule has 2 aromatic carbocycles. The number of anilines is 1. The first-order valence-corrected chi connectivity index (χ1v) is 6.44. The van der Waals surface area contributed by atoms with Crippen molar-refractivity contribution < 1.29 is 9.84 Å². The van der Waals surface area contributed by atoms with Crippen LogP contribution < -0.4 is 10.1 Å². The Morgan fingerprint density at radius 1 is 1.20 bits per heavy atom. The van der Waals surface area contributed by atoms with Crippen molar-refractivity contribution >= 4 is 16.6 Å². The molecule has 1 aromatic heterocycles. The Kier molecular flexibility index (Phi) is 3.21. The maximum absolute atomic E-state index is 9.75. The lowest BCUT2D eigenvalue weighted by Gasteiger charge is -2.08. The van der Waals surface area contributed by atoms with Crippen LogP contribution in [0, 0.1) is 0 Å². The number of para-hydroxylation sites is 1. The van der Waals surface area contributed by atoms with Gasteiger partial charge in [-0.05, 0) is 23.8 Å². The maximum atomic E-state index is 9.75. The molecule has 0 amide bonds. The van der Waals surface area contributed by atoms with E-state index in [4.69, 9.17) is 4.74 Å². The summed E-state index contributed by atoms with van der Waals surface area (Å²) in [6.07, 6.45) is 2.00. The zero-order valence-corrected chi connectivity index (χ0v) is 11.2. The van der Waals surface area contributed by atoms with Crippen LogP contribution in [0.15, 0.2) is 48.7 Å². The maximum Gasteiger partial charge on any atom is 0.160 e. The number of ether oxygens (including phenoxy) is 1. The Balaban J connectivity index is 1.78. The summed E-state index contributed by atoms with van der Waals surface area (Å²) in [7, 11) is 1.54. The van der Waals surface area contributed by atoms with Crippen molar-refractivity contribution in [1.82, 2.24) is 4.98 Å². The van der Waals surface area contributed by atoms with Crippen LogP contribution in [0.3, 0.4) is 0 Å². The largest absolute Gasteiger partial charge is 0.504 e. The van der Waals surface area contributed by atoms with Gasteiger partial charge in [-0.1, -0.05) is 18.2 Å². The van der Waals surface area contributed by atoms with Crippen LogP contribution in [0.2, 0.25) is 0 Å². The summed E-state index contributed by atoms with van der Waals surface area (Å²) in [6, 6.07) is 13.5. The lowest BCUT2D eigenvalue weighted by atomic mass is 10.1. The van der Waals surface area contributed by atoms with E-state index in [0.29, 0.717) is 12.3 Å². The number of nitrogens with one attached hydrogen (secondary N) is 2. The van der Waals surface area contributed by atoms with E-state index in [1.165, 1.54) is 18.1 Å². The fourth-order valence-corrected chi connectivity index (χ4v) is 2.28. The van der Waals surface area contributed by atoms with Gasteiger partial charge in [-0.3, -0.25) is 0 Å². The average Bonchev–Trinajstić information content (AvgIpc) is 2.88. The van der Waals surface area contributed by atoms with Gasteiger partial charge in [-0.2, -0.15) is 0 Å². The summed E-state index contributed by atoms with van der Waals surface area (Å²) < 4.78 is 5.03. The van der Waals surface area contributed by atoms with E-state index in [1.54, 1.807) is 12.1 Å². The summed E-state index contributed by atoms with van der Waals surface area (Å²) >= 11 is 0. The minimum atomic E-state index is 0.136. The first-order chi connectivity index (χ1) is 9.78. The van der Waals surface area contributed by atoms with Gasteiger partial charge in [0.1, 0.15) is 0 Å². The van der Waals surface area contributed by atoms with Crippen molar-refractivity contribution in [1.29, 1.82) is 0 Å². The highest BCUT2D eigenvalue weighted by Crippen LogP contribution is 2.29. The van der Waals surface area contributed by atoms with Crippen LogP contribution in [0.4, 0.5) is 5.69 Å². The van der Waals surface area contributed by atoms with Crippen molar-refractivity contribution in [3.8, 4) is 11.5 Å². The molecule has 0 bridgehead atoms. The Bertz CT molecular complexity index is 734. The molecule has 4 heteroatoms. The molecule has 20 heavy (non-hydrogen) atoms. The molecule has 0 saturated carbocycles. The van der Waals surface area contributed by atoms with Gasteiger partial charge in [-0.15, -0.1) is 0 Å². The number of phenols is 1. The van der Waals surface area contributed by atoms with Crippen LogP contribution in [0.5, 0.6) is 11.5 Å². The molecular weight excluding hydrogens is 252 g/mol. The standard InChI is InChI=1S/C16H16N2O2/c1-20-16-7-6-12(8-15(16)19)17-9-11-10-18-14-5-3-2-4-13(11)14/h2-8,10,17-19H,9H2,1H3. The molecule has 0 atom stereocenters. The van der Waals surface area contributed by atoms with Gasteiger partial charge in [0.05, 0.1) is 7.11 Å². The highest BCUT2D eigenvalue weighted by atomic mass is 16.5. The van der Waals surface area contributed by atoms with Gasteiger partial charge in [0.15, 0.2) is 11.5 Å². The first kappa shape index (κ1) is 12.4. The molecule has 0 aliphatic rings. The number of rotatable bonds is 4. The topological polar surface area (TPSA) is 57.3 Å². The minimum absolute atomic E-state index is 0.136. The quantitative estimate of drug-likeness (QED) is 0.679. The summed E-state index contributed by atoms with van der Waals surface area (Å²) in [5.74, 6) is 0.610. The molecule has 0 unspecified atom stereocenters.